The number of benzene rings is 2. The van der Waals surface area contributed by atoms with E-state index in [0.717, 1.165) is 16.1 Å². The molecule has 3 rings (SSSR count). The van der Waals surface area contributed by atoms with Crippen LogP contribution in [0.3, 0.4) is 0 Å². The van der Waals surface area contributed by atoms with Crippen LogP contribution >= 0.6 is 0 Å². The van der Waals surface area contributed by atoms with Crippen LogP contribution < -0.4 is 23.8 Å². The van der Waals surface area contributed by atoms with Gasteiger partial charge < -0.3 is 19.5 Å². The topological polar surface area (TPSA) is 94.2 Å². The summed E-state index contributed by atoms with van der Waals surface area (Å²) in [4.78, 5) is 12.9. The fraction of sp³-hybridized carbons (Fsp3) is 0.350. The molecule has 1 aliphatic rings. The number of carbonyl (C=O) groups excluding carboxylic acids is 1. The van der Waals surface area contributed by atoms with E-state index < -0.39 is 22.0 Å². The fourth-order valence-corrected chi connectivity index (χ4v) is 4.30. The quantitative estimate of drug-likeness (QED) is 0.772. The third-order valence-corrected chi connectivity index (χ3v) is 5.72. The Labute approximate surface area is 170 Å². The number of fused-ring (bicyclic) bond motifs is 1. The van der Waals surface area contributed by atoms with Crippen LogP contribution in [-0.2, 0) is 14.8 Å². The van der Waals surface area contributed by atoms with Gasteiger partial charge in [-0.1, -0.05) is 6.07 Å². The van der Waals surface area contributed by atoms with Crippen LogP contribution in [0.5, 0.6) is 17.2 Å². The molecule has 156 valence electrons. The summed E-state index contributed by atoms with van der Waals surface area (Å²) in [5.41, 5.74) is 1.72. The second-order valence-corrected chi connectivity index (χ2v) is 8.62. The van der Waals surface area contributed by atoms with E-state index in [1.165, 1.54) is 14.0 Å². The summed E-state index contributed by atoms with van der Waals surface area (Å²) in [5, 5.41) is 2.76. The Balaban J connectivity index is 1.91. The number of hydrogen-bond donors (Lipinski definition) is 1. The van der Waals surface area contributed by atoms with Crippen LogP contribution in [0.1, 0.15) is 12.5 Å². The number of rotatable bonds is 6. The fourth-order valence-electron chi connectivity index (χ4n) is 3.13. The standard InChI is InChI=1S/C20H24N2O6S/c1-13-5-7-17(26-3)16(11-13)21-20(23)14(2)22(29(4,24)25)15-6-8-18-19(12-15)28-10-9-27-18/h5-8,11-12,14H,9-10H2,1-4H3,(H,21,23)/t14-/m1/s1. The number of nitrogens with zero attached hydrogens (tertiary/aromatic N) is 1. The van der Waals surface area contributed by atoms with Crippen LogP contribution in [0.4, 0.5) is 11.4 Å². The molecule has 8 nitrogen and oxygen atoms in total. The first kappa shape index (κ1) is 20.8. The van der Waals surface area contributed by atoms with Crippen molar-refractivity contribution >= 4 is 27.3 Å². The molecule has 9 heteroatoms. The van der Waals surface area contributed by atoms with Gasteiger partial charge >= 0.3 is 0 Å². The van der Waals surface area contributed by atoms with Crippen LogP contribution in [0, 0.1) is 6.92 Å². The van der Waals surface area contributed by atoms with E-state index in [0.29, 0.717) is 41.8 Å². The molecule has 29 heavy (non-hydrogen) atoms. The lowest BCUT2D eigenvalue weighted by Crippen LogP contribution is -2.45. The number of carbonyl (C=O) groups is 1. The van der Waals surface area contributed by atoms with Crippen LogP contribution in [-0.4, -0.2) is 46.9 Å². The van der Waals surface area contributed by atoms with E-state index in [4.69, 9.17) is 14.2 Å². The lowest BCUT2D eigenvalue weighted by molar-refractivity contribution is -0.116. The van der Waals surface area contributed by atoms with Crippen LogP contribution in [0.25, 0.3) is 0 Å². The lowest BCUT2D eigenvalue weighted by Gasteiger charge is -2.29. The smallest absolute Gasteiger partial charge is 0.248 e. The van der Waals surface area contributed by atoms with Crippen molar-refractivity contribution in [2.75, 3.05) is 36.2 Å². The maximum absolute atomic E-state index is 12.9. The first-order valence-electron chi connectivity index (χ1n) is 9.05. The summed E-state index contributed by atoms with van der Waals surface area (Å²) in [6.45, 7) is 4.21. The van der Waals surface area contributed by atoms with Gasteiger partial charge in [0, 0.05) is 6.07 Å². The van der Waals surface area contributed by atoms with Crippen molar-refractivity contribution in [3.63, 3.8) is 0 Å². The Bertz CT molecular complexity index is 1020. The average Bonchev–Trinajstić information content (AvgIpc) is 2.67. The zero-order chi connectivity index (χ0) is 21.2. The summed E-state index contributed by atoms with van der Waals surface area (Å²) in [6, 6.07) is 9.13. The maximum atomic E-state index is 12.9. The summed E-state index contributed by atoms with van der Waals surface area (Å²) in [5.74, 6) is 0.973. The molecule has 0 radical (unpaired) electrons. The normalized spacial score (nSPS) is 14.1. The molecule has 0 fully saturated rings. The third-order valence-electron chi connectivity index (χ3n) is 4.48. The highest BCUT2D eigenvalue weighted by atomic mass is 32.2. The molecule has 2 aromatic carbocycles. The number of aryl methyl sites for hydroxylation is 1. The predicted octanol–water partition coefficient (Wildman–Crippen LogP) is 2.57. The van der Waals surface area contributed by atoms with Crippen molar-refractivity contribution in [2.45, 2.75) is 19.9 Å². The molecule has 1 heterocycles. The Morgan fingerprint density at radius 3 is 2.48 bits per heavy atom. The van der Waals surface area contributed by atoms with Gasteiger partial charge in [0.25, 0.3) is 0 Å². The third kappa shape index (κ3) is 4.56. The number of hydrogen-bond acceptors (Lipinski definition) is 6. The Morgan fingerprint density at radius 1 is 1.14 bits per heavy atom. The molecular formula is C20H24N2O6S. The predicted molar refractivity (Wildman–Crippen MR) is 111 cm³/mol. The van der Waals surface area contributed by atoms with Crippen molar-refractivity contribution in [2.24, 2.45) is 0 Å². The highest BCUT2D eigenvalue weighted by Gasteiger charge is 2.30. The molecule has 0 aromatic heterocycles. The monoisotopic (exact) mass is 420 g/mol. The Morgan fingerprint density at radius 2 is 1.83 bits per heavy atom. The summed E-state index contributed by atoms with van der Waals surface area (Å²) in [7, 11) is -2.26. The van der Waals surface area contributed by atoms with E-state index >= 15 is 0 Å². The number of ether oxygens (including phenoxy) is 3. The van der Waals surface area contributed by atoms with Gasteiger partial charge in [0.1, 0.15) is 25.0 Å². The molecule has 1 amide bonds. The first-order chi connectivity index (χ1) is 13.7. The van der Waals surface area contributed by atoms with E-state index in [9.17, 15) is 13.2 Å². The molecule has 0 aliphatic carbocycles. The van der Waals surface area contributed by atoms with Gasteiger partial charge in [0.05, 0.1) is 24.7 Å². The van der Waals surface area contributed by atoms with E-state index in [2.05, 4.69) is 5.32 Å². The first-order valence-corrected chi connectivity index (χ1v) is 10.9. The second-order valence-electron chi connectivity index (χ2n) is 6.76. The molecule has 2 aromatic rings. The molecule has 1 atom stereocenters. The number of sulfonamides is 1. The molecule has 0 bridgehead atoms. The minimum Gasteiger partial charge on any atom is -0.495 e. The zero-order valence-electron chi connectivity index (χ0n) is 16.8. The highest BCUT2D eigenvalue weighted by Crippen LogP contribution is 2.35. The van der Waals surface area contributed by atoms with Gasteiger partial charge in [-0.3, -0.25) is 9.10 Å². The SMILES string of the molecule is COc1ccc(C)cc1NC(=O)[C@@H](C)N(c1ccc2c(c1)OCCO2)S(C)(=O)=O. The summed E-state index contributed by atoms with van der Waals surface area (Å²) >= 11 is 0. The molecular weight excluding hydrogens is 396 g/mol. The molecule has 0 saturated heterocycles. The number of anilines is 2. The average molecular weight is 420 g/mol. The second kappa shape index (κ2) is 8.20. The number of methoxy groups -OCH3 is 1. The molecule has 1 aliphatic heterocycles. The van der Waals surface area contributed by atoms with E-state index in [1.54, 1.807) is 30.3 Å². The largest absolute Gasteiger partial charge is 0.495 e. The van der Waals surface area contributed by atoms with E-state index in [1.807, 2.05) is 13.0 Å². The van der Waals surface area contributed by atoms with E-state index in [-0.39, 0.29) is 0 Å². The Hall–Kier alpha value is -2.94. The van der Waals surface area contributed by atoms with Gasteiger partial charge in [-0.15, -0.1) is 0 Å². The highest BCUT2D eigenvalue weighted by molar-refractivity contribution is 7.92. The molecule has 0 unspecified atom stereocenters. The zero-order valence-corrected chi connectivity index (χ0v) is 17.6. The summed E-state index contributed by atoms with van der Waals surface area (Å²) < 4.78 is 42.4. The van der Waals surface area contributed by atoms with Crippen molar-refractivity contribution in [3.8, 4) is 17.2 Å². The maximum Gasteiger partial charge on any atom is 0.248 e. The minimum absolute atomic E-state index is 0.315. The van der Waals surface area contributed by atoms with Crippen LogP contribution in [0.15, 0.2) is 36.4 Å². The molecule has 1 N–H and O–H groups in total. The lowest BCUT2D eigenvalue weighted by atomic mass is 10.2. The molecule has 0 spiro atoms. The van der Waals surface area contributed by atoms with Gasteiger partial charge in [-0.05, 0) is 43.7 Å². The van der Waals surface area contributed by atoms with Crippen molar-refractivity contribution < 1.29 is 27.4 Å². The van der Waals surface area contributed by atoms with Gasteiger partial charge in [-0.2, -0.15) is 0 Å². The van der Waals surface area contributed by atoms with Crippen LogP contribution in [0.2, 0.25) is 0 Å². The van der Waals surface area contributed by atoms with Gasteiger partial charge in [-0.25, -0.2) is 8.42 Å². The number of nitrogens with one attached hydrogen (secondary N) is 1. The van der Waals surface area contributed by atoms with Gasteiger partial charge in [0.2, 0.25) is 15.9 Å². The summed E-state index contributed by atoms with van der Waals surface area (Å²) in [6.07, 6.45) is 1.06. The van der Waals surface area contributed by atoms with Crippen molar-refractivity contribution in [1.29, 1.82) is 0 Å². The minimum atomic E-state index is -3.76. The molecule has 0 saturated carbocycles. The van der Waals surface area contributed by atoms with Crippen molar-refractivity contribution in [1.82, 2.24) is 0 Å². The number of amides is 1. The van der Waals surface area contributed by atoms with Gasteiger partial charge in [0.15, 0.2) is 11.5 Å². The van der Waals surface area contributed by atoms with Crippen molar-refractivity contribution in [3.05, 3.63) is 42.0 Å². The Kier molecular flexibility index (Phi) is 5.88.